The van der Waals surface area contributed by atoms with Crippen molar-refractivity contribution >= 4 is 46.4 Å². The number of hydrogen-bond acceptors (Lipinski definition) is 3. The summed E-state index contributed by atoms with van der Waals surface area (Å²) in [7, 11) is 0. The smallest absolute Gasteiger partial charge is 0.290 e. The first-order valence-electron chi connectivity index (χ1n) is 9.41. The molecule has 0 unspecified atom stereocenters. The van der Waals surface area contributed by atoms with Gasteiger partial charge in [-0.05, 0) is 67.6 Å². The molecule has 0 radical (unpaired) electrons. The predicted octanol–water partition coefficient (Wildman–Crippen LogP) is 5.95. The largest absolute Gasteiger partial charge is 0.297 e. The van der Waals surface area contributed by atoms with Gasteiger partial charge in [-0.15, -0.1) is 0 Å². The summed E-state index contributed by atoms with van der Waals surface area (Å²) >= 11 is 18.1. The lowest BCUT2D eigenvalue weighted by atomic mass is 9.95. The Hall–Kier alpha value is -2.21. The van der Waals surface area contributed by atoms with Crippen LogP contribution < -0.4 is 10.9 Å². The van der Waals surface area contributed by atoms with Crippen LogP contribution >= 0.6 is 34.8 Å². The second kappa shape index (κ2) is 7.24. The van der Waals surface area contributed by atoms with E-state index in [0.29, 0.717) is 38.3 Å². The van der Waals surface area contributed by atoms with Crippen LogP contribution in [0.3, 0.4) is 0 Å². The van der Waals surface area contributed by atoms with Crippen LogP contribution in [0.4, 0.5) is 5.69 Å². The van der Waals surface area contributed by atoms with E-state index in [0.717, 1.165) is 36.2 Å². The molecular weight excluding hydrogens is 431 g/mol. The van der Waals surface area contributed by atoms with E-state index >= 15 is 0 Å². The minimum Gasteiger partial charge on any atom is -0.297 e. The normalized spacial score (nSPS) is 19.3. The zero-order valence-corrected chi connectivity index (χ0v) is 17.5. The molecule has 3 aromatic rings. The average Bonchev–Trinajstić information content (AvgIpc) is 3.40. The van der Waals surface area contributed by atoms with Crippen LogP contribution in [0.2, 0.25) is 15.1 Å². The molecule has 2 aliphatic carbocycles. The monoisotopic (exact) mass is 446 g/mol. The predicted molar refractivity (Wildman–Crippen MR) is 115 cm³/mol. The van der Waals surface area contributed by atoms with Gasteiger partial charge in [-0.25, -0.2) is 4.68 Å². The Kier molecular flexibility index (Phi) is 4.69. The van der Waals surface area contributed by atoms with E-state index in [2.05, 4.69) is 16.0 Å². The molecule has 0 saturated heterocycles. The van der Waals surface area contributed by atoms with Gasteiger partial charge in [-0.1, -0.05) is 34.8 Å². The van der Waals surface area contributed by atoms with Gasteiger partial charge >= 0.3 is 0 Å². The highest BCUT2D eigenvalue weighted by Crippen LogP contribution is 2.54. The summed E-state index contributed by atoms with van der Waals surface area (Å²) in [6.45, 7) is 0. The van der Waals surface area contributed by atoms with Crippen molar-refractivity contribution in [2.24, 2.45) is 0 Å². The summed E-state index contributed by atoms with van der Waals surface area (Å²) in [6.07, 6.45) is 3.31. The van der Waals surface area contributed by atoms with Gasteiger partial charge < -0.3 is 0 Å². The molecule has 1 amide bonds. The Morgan fingerprint density at radius 1 is 1.00 bits per heavy atom. The maximum atomic E-state index is 13.0. The number of benzene rings is 2. The molecule has 5 nitrogen and oxygen atoms in total. The van der Waals surface area contributed by atoms with Gasteiger partial charge in [0.1, 0.15) is 0 Å². The van der Waals surface area contributed by atoms with E-state index in [9.17, 15) is 4.79 Å². The third kappa shape index (κ3) is 3.27. The van der Waals surface area contributed by atoms with E-state index in [1.807, 2.05) is 28.9 Å². The number of rotatable bonds is 4. The number of nitrogens with zero attached hydrogens (tertiary/aromatic N) is 2. The first-order valence-corrected chi connectivity index (χ1v) is 10.5. The number of amides is 1. The van der Waals surface area contributed by atoms with Gasteiger partial charge in [-0.2, -0.15) is 5.10 Å². The lowest BCUT2D eigenvalue weighted by Crippen LogP contribution is -2.30. The summed E-state index contributed by atoms with van der Waals surface area (Å²) in [4.78, 5) is 13.0. The first kappa shape index (κ1) is 18.8. The fourth-order valence-electron chi connectivity index (χ4n) is 4.45. The minimum atomic E-state index is -0.285. The van der Waals surface area contributed by atoms with E-state index in [4.69, 9.17) is 34.8 Å². The summed E-state index contributed by atoms with van der Waals surface area (Å²) in [5, 5.41) is 6.31. The molecule has 0 aliphatic heterocycles. The highest BCUT2D eigenvalue weighted by atomic mass is 35.5. The molecule has 8 heteroatoms. The standard InChI is InChI=1S/C21H17Cl3N4O/c22-13-3-6-15(7-4-13)28-20-12-2-1-11(9-12)18(20)19(27-28)21(29)26-25-17-8-5-14(23)10-16(17)24/h3-8,10-12,25H,1-2,9H2,(H,26,29)/t11-,12-/m0/s1. The number of halogens is 3. The van der Waals surface area contributed by atoms with Crippen LogP contribution in [0.15, 0.2) is 42.5 Å². The van der Waals surface area contributed by atoms with Crippen molar-refractivity contribution in [2.45, 2.75) is 31.1 Å². The molecule has 1 fully saturated rings. The molecule has 29 heavy (non-hydrogen) atoms. The van der Waals surface area contributed by atoms with Crippen LogP contribution in [-0.2, 0) is 0 Å². The van der Waals surface area contributed by atoms with Crippen molar-refractivity contribution in [1.82, 2.24) is 15.2 Å². The highest BCUT2D eigenvalue weighted by molar-refractivity contribution is 6.36. The lowest BCUT2D eigenvalue weighted by molar-refractivity contribution is 0.0956. The van der Waals surface area contributed by atoms with Crippen LogP contribution in [0.25, 0.3) is 5.69 Å². The molecule has 0 spiro atoms. The number of aromatic nitrogens is 2. The zero-order valence-electron chi connectivity index (χ0n) is 15.3. The first-order chi connectivity index (χ1) is 14.0. The summed E-state index contributed by atoms with van der Waals surface area (Å²) in [5.41, 5.74) is 9.75. The van der Waals surface area contributed by atoms with E-state index < -0.39 is 0 Å². The fraction of sp³-hybridized carbons (Fsp3) is 0.238. The third-order valence-corrected chi connectivity index (χ3v) is 6.51. The fourth-order valence-corrected chi connectivity index (χ4v) is 5.03. The van der Waals surface area contributed by atoms with Gasteiger partial charge in [0.15, 0.2) is 5.69 Å². The molecule has 1 aromatic heterocycles. The number of fused-ring (bicyclic) bond motifs is 5. The van der Waals surface area contributed by atoms with Gasteiger partial charge in [0.25, 0.3) is 5.91 Å². The number of anilines is 1. The molecule has 1 heterocycles. The van der Waals surface area contributed by atoms with Crippen molar-refractivity contribution < 1.29 is 4.79 Å². The van der Waals surface area contributed by atoms with E-state index in [1.165, 1.54) is 0 Å². The second-order valence-electron chi connectivity index (χ2n) is 7.45. The SMILES string of the molecule is O=C(NNc1ccc(Cl)cc1Cl)c1nn(-c2ccc(Cl)cc2)c2c1[C@H]1CC[C@H]2C1. The molecule has 2 atom stereocenters. The molecule has 2 N–H and O–H groups in total. The minimum absolute atomic E-state index is 0.285. The lowest BCUT2D eigenvalue weighted by Gasteiger charge is -2.14. The Morgan fingerprint density at radius 3 is 2.48 bits per heavy atom. The molecule has 2 aliphatic rings. The molecule has 148 valence electrons. The van der Waals surface area contributed by atoms with Crippen molar-refractivity contribution in [1.29, 1.82) is 0 Å². The van der Waals surface area contributed by atoms with E-state index in [1.54, 1.807) is 18.2 Å². The molecule has 2 bridgehead atoms. The Labute approximate surface area is 182 Å². The molecule has 5 rings (SSSR count). The number of hydrazine groups is 1. The van der Waals surface area contributed by atoms with Gasteiger partial charge in [0.2, 0.25) is 0 Å². The molecular formula is C21H17Cl3N4O. The average molecular weight is 448 g/mol. The quantitative estimate of drug-likeness (QED) is 0.486. The zero-order chi connectivity index (χ0) is 20.1. The summed E-state index contributed by atoms with van der Waals surface area (Å²) in [6, 6.07) is 12.6. The Bertz CT molecular complexity index is 1110. The Morgan fingerprint density at radius 2 is 1.72 bits per heavy atom. The van der Waals surface area contributed by atoms with Crippen molar-refractivity contribution in [3.8, 4) is 5.69 Å². The van der Waals surface area contributed by atoms with Crippen LogP contribution in [0.5, 0.6) is 0 Å². The van der Waals surface area contributed by atoms with Gasteiger partial charge in [0, 0.05) is 21.5 Å². The number of carbonyl (C=O) groups excluding carboxylic acids is 1. The van der Waals surface area contributed by atoms with Crippen LogP contribution in [0.1, 0.15) is 52.8 Å². The van der Waals surface area contributed by atoms with E-state index in [-0.39, 0.29) is 5.91 Å². The van der Waals surface area contributed by atoms with Crippen LogP contribution in [-0.4, -0.2) is 15.7 Å². The summed E-state index contributed by atoms with van der Waals surface area (Å²) in [5.74, 6) is 0.543. The number of hydrogen-bond donors (Lipinski definition) is 2. The number of carbonyl (C=O) groups is 1. The molecule has 2 aromatic carbocycles. The van der Waals surface area contributed by atoms with Gasteiger partial charge in [0.05, 0.1) is 22.1 Å². The highest BCUT2D eigenvalue weighted by Gasteiger charge is 2.44. The van der Waals surface area contributed by atoms with Crippen LogP contribution in [0, 0.1) is 0 Å². The summed E-state index contributed by atoms with van der Waals surface area (Å²) < 4.78 is 1.90. The van der Waals surface area contributed by atoms with Crippen molar-refractivity contribution in [3.63, 3.8) is 0 Å². The number of nitrogens with one attached hydrogen (secondary N) is 2. The maximum Gasteiger partial charge on any atom is 0.290 e. The third-order valence-electron chi connectivity index (χ3n) is 5.71. The Balaban J connectivity index is 1.47. The maximum absolute atomic E-state index is 13.0. The van der Waals surface area contributed by atoms with Crippen molar-refractivity contribution in [3.05, 3.63) is 74.5 Å². The van der Waals surface area contributed by atoms with Crippen molar-refractivity contribution in [2.75, 3.05) is 5.43 Å². The van der Waals surface area contributed by atoms with Gasteiger partial charge in [-0.3, -0.25) is 15.6 Å². The molecule has 1 saturated carbocycles. The topological polar surface area (TPSA) is 59.0 Å². The second-order valence-corrected chi connectivity index (χ2v) is 8.73.